The van der Waals surface area contributed by atoms with Crippen LogP contribution < -0.4 is 5.32 Å². The number of anilines is 1. The van der Waals surface area contributed by atoms with E-state index in [2.05, 4.69) is 5.32 Å². The maximum Gasteiger partial charge on any atom is 0.0742 e. The van der Waals surface area contributed by atoms with Crippen LogP contribution in [0.4, 0.5) is 5.69 Å². The third kappa shape index (κ3) is 1.97. The van der Waals surface area contributed by atoms with Gasteiger partial charge in [-0.2, -0.15) is 0 Å². The van der Waals surface area contributed by atoms with E-state index in [1.807, 2.05) is 0 Å². The molecule has 2 atom stereocenters. The minimum absolute atomic E-state index is 0.117. The topological polar surface area (TPSA) is 32.3 Å². The summed E-state index contributed by atoms with van der Waals surface area (Å²) in [7, 11) is 0. The molecule has 2 rings (SSSR count). The van der Waals surface area contributed by atoms with Gasteiger partial charge in [0.25, 0.3) is 0 Å². The van der Waals surface area contributed by atoms with Gasteiger partial charge in [0.2, 0.25) is 0 Å². The zero-order valence-corrected chi connectivity index (χ0v) is 9.02. The Balaban J connectivity index is 2.11. The molecule has 76 valence electrons. The van der Waals surface area contributed by atoms with Crippen LogP contribution in [0.5, 0.6) is 0 Å². The van der Waals surface area contributed by atoms with Crippen LogP contribution >= 0.6 is 23.2 Å². The molecule has 1 saturated carbocycles. The molecule has 0 radical (unpaired) electrons. The fraction of sp³-hybridized carbons (Fsp3) is 0.400. The zero-order chi connectivity index (χ0) is 10.1. The monoisotopic (exact) mass is 231 g/mol. The van der Waals surface area contributed by atoms with Crippen molar-refractivity contribution < 1.29 is 5.11 Å². The molecule has 0 unspecified atom stereocenters. The molecule has 1 aliphatic carbocycles. The van der Waals surface area contributed by atoms with E-state index in [-0.39, 0.29) is 12.1 Å². The first-order valence-electron chi connectivity index (χ1n) is 4.56. The summed E-state index contributed by atoms with van der Waals surface area (Å²) in [5, 5.41) is 13.8. The molecule has 2 N–H and O–H groups in total. The number of halogens is 2. The van der Waals surface area contributed by atoms with E-state index in [0.717, 1.165) is 18.5 Å². The van der Waals surface area contributed by atoms with Crippen molar-refractivity contribution in [3.05, 3.63) is 28.2 Å². The Morgan fingerprint density at radius 3 is 2.64 bits per heavy atom. The van der Waals surface area contributed by atoms with E-state index in [9.17, 15) is 5.11 Å². The van der Waals surface area contributed by atoms with Gasteiger partial charge in [-0.1, -0.05) is 23.2 Å². The SMILES string of the molecule is O[C@H]1CC[C@@H]1Nc1cc(Cl)ccc1Cl. The molecule has 1 aromatic carbocycles. The summed E-state index contributed by atoms with van der Waals surface area (Å²) in [5.74, 6) is 0. The minimum Gasteiger partial charge on any atom is -0.391 e. The van der Waals surface area contributed by atoms with E-state index in [0.29, 0.717) is 10.0 Å². The molecule has 0 saturated heterocycles. The van der Waals surface area contributed by atoms with Crippen LogP contribution in [0.3, 0.4) is 0 Å². The zero-order valence-electron chi connectivity index (χ0n) is 7.50. The highest BCUT2D eigenvalue weighted by Gasteiger charge is 2.28. The first-order chi connectivity index (χ1) is 6.66. The maximum absolute atomic E-state index is 9.39. The van der Waals surface area contributed by atoms with E-state index in [1.54, 1.807) is 18.2 Å². The molecule has 0 bridgehead atoms. The van der Waals surface area contributed by atoms with Gasteiger partial charge in [-0.25, -0.2) is 0 Å². The van der Waals surface area contributed by atoms with Crippen LogP contribution in [0.15, 0.2) is 18.2 Å². The fourth-order valence-corrected chi connectivity index (χ4v) is 1.80. The number of aliphatic hydroxyl groups excluding tert-OH is 1. The molecule has 0 amide bonds. The smallest absolute Gasteiger partial charge is 0.0742 e. The van der Waals surface area contributed by atoms with Gasteiger partial charge < -0.3 is 10.4 Å². The van der Waals surface area contributed by atoms with Gasteiger partial charge in [-0.3, -0.25) is 0 Å². The molecule has 1 aliphatic rings. The molecule has 0 heterocycles. The predicted molar refractivity (Wildman–Crippen MR) is 59.1 cm³/mol. The quantitative estimate of drug-likeness (QED) is 0.821. The normalized spacial score (nSPS) is 25.6. The second-order valence-electron chi connectivity index (χ2n) is 3.52. The van der Waals surface area contributed by atoms with Gasteiger partial charge in [0, 0.05) is 5.02 Å². The number of nitrogens with one attached hydrogen (secondary N) is 1. The molecule has 1 fully saturated rings. The molecule has 2 nitrogen and oxygen atoms in total. The third-order valence-electron chi connectivity index (χ3n) is 2.51. The lowest BCUT2D eigenvalue weighted by molar-refractivity contribution is 0.0786. The standard InChI is InChI=1S/C10H11Cl2NO/c11-6-1-2-7(12)9(5-6)13-8-3-4-10(8)14/h1-2,5,8,10,13-14H,3-4H2/t8-,10-/m0/s1. The maximum atomic E-state index is 9.39. The summed E-state index contributed by atoms with van der Waals surface area (Å²) in [6.45, 7) is 0. The first kappa shape index (κ1) is 10.1. The summed E-state index contributed by atoms with van der Waals surface area (Å²) < 4.78 is 0. The first-order valence-corrected chi connectivity index (χ1v) is 5.32. The van der Waals surface area contributed by atoms with Crippen molar-refractivity contribution in [1.82, 2.24) is 0 Å². The molecule has 0 aliphatic heterocycles. The largest absolute Gasteiger partial charge is 0.391 e. The second-order valence-corrected chi connectivity index (χ2v) is 4.36. The summed E-state index contributed by atoms with van der Waals surface area (Å²) in [4.78, 5) is 0. The van der Waals surface area contributed by atoms with Gasteiger partial charge >= 0.3 is 0 Å². The van der Waals surface area contributed by atoms with E-state index < -0.39 is 0 Å². The predicted octanol–water partition coefficient (Wildman–Crippen LogP) is 2.93. The van der Waals surface area contributed by atoms with E-state index >= 15 is 0 Å². The average Bonchev–Trinajstić information content (AvgIpc) is 2.17. The van der Waals surface area contributed by atoms with Crippen LogP contribution in [0, 0.1) is 0 Å². The summed E-state index contributed by atoms with van der Waals surface area (Å²) in [5.41, 5.74) is 0.794. The fourth-order valence-electron chi connectivity index (χ4n) is 1.46. The molecule has 1 aromatic rings. The molecular weight excluding hydrogens is 221 g/mol. The lowest BCUT2D eigenvalue weighted by Gasteiger charge is -2.34. The van der Waals surface area contributed by atoms with Crippen molar-refractivity contribution in [3.8, 4) is 0 Å². The van der Waals surface area contributed by atoms with Gasteiger partial charge in [0.15, 0.2) is 0 Å². The van der Waals surface area contributed by atoms with Crippen LogP contribution in [0.1, 0.15) is 12.8 Å². The minimum atomic E-state index is -0.259. The Morgan fingerprint density at radius 1 is 1.29 bits per heavy atom. The van der Waals surface area contributed by atoms with Gasteiger partial charge in [-0.15, -0.1) is 0 Å². The Morgan fingerprint density at radius 2 is 2.07 bits per heavy atom. The molecule has 4 heteroatoms. The molecule has 0 aromatic heterocycles. The molecule has 0 spiro atoms. The van der Waals surface area contributed by atoms with Crippen molar-refractivity contribution in [2.24, 2.45) is 0 Å². The van der Waals surface area contributed by atoms with Gasteiger partial charge in [0.05, 0.1) is 22.9 Å². The summed E-state index contributed by atoms with van der Waals surface area (Å²) >= 11 is 11.8. The van der Waals surface area contributed by atoms with Crippen LogP contribution in [0.25, 0.3) is 0 Å². The van der Waals surface area contributed by atoms with Crippen molar-refractivity contribution in [3.63, 3.8) is 0 Å². The lowest BCUT2D eigenvalue weighted by atomic mass is 9.89. The van der Waals surface area contributed by atoms with Crippen molar-refractivity contribution in [1.29, 1.82) is 0 Å². The Hall–Kier alpha value is -0.440. The van der Waals surface area contributed by atoms with Gasteiger partial charge in [0.1, 0.15) is 0 Å². The highest BCUT2D eigenvalue weighted by Crippen LogP contribution is 2.30. The third-order valence-corrected chi connectivity index (χ3v) is 3.07. The summed E-state index contributed by atoms with van der Waals surface area (Å²) in [6.07, 6.45) is 1.57. The van der Waals surface area contributed by atoms with Crippen LogP contribution in [0.2, 0.25) is 10.0 Å². The number of aliphatic hydroxyl groups is 1. The number of benzene rings is 1. The Kier molecular flexibility index (Phi) is 2.86. The number of hydrogen-bond donors (Lipinski definition) is 2. The Bertz CT molecular complexity index is 343. The van der Waals surface area contributed by atoms with Gasteiger partial charge in [-0.05, 0) is 31.0 Å². The van der Waals surface area contributed by atoms with Crippen molar-refractivity contribution in [2.75, 3.05) is 5.32 Å². The second kappa shape index (κ2) is 3.97. The summed E-state index contributed by atoms with van der Waals surface area (Å²) in [6, 6.07) is 5.38. The van der Waals surface area contributed by atoms with Crippen LogP contribution in [-0.4, -0.2) is 17.3 Å². The molecule has 14 heavy (non-hydrogen) atoms. The van der Waals surface area contributed by atoms with E-state index in [4.69, 9.17) is 23.2 Å². The van der Waals surface area contributed by atoms with Crippen LogP contribution in [-0.2, 0) is 0 Å². The average molecular weight is 232 g/mol. The Labute approximate surface area is 92.8 Å². The van der Waals surface area contributed by atoms with Crippen molar-refractivity contribution in [2.45, 2.75) is 25.0 Å². The highest BCUT2D eigenvalue weighted by molar-refractivity contribution is 6.35. The highest BCUT2D eigenvalue weighted by atomic mass is 35.5. The van der Waals surface area contributed by atoms with E-state index in [1.165, 1.54) is 0 Å². The number of hydrogen-bond acceptors (Lipinski definition) is 2. The number of rotatable bonds is 2. The molecular formula is C10H11Cl2NO. The lowest BCUT2D eigenvalue weighted by Crippen LogP contribution is -2.42. The van der Waals surface area contributed by atoms with Crippen molar-refractivity contribution >= 4 is 28.9 Å².